The molecule has 5 nitrogen and oxygen atoms in total. The summed E-state index contributed by atoms with van der Waals surface area (Å²) in [6, 6.07) is 9.94. The van der Waals surface area contributed by atoms with Crippen LogP contribution >= 0.6 is 0 Å². The number of anilines is 1. The van der Waals surface area contributed by atoms with Crippen LogP contribution in [0.3, 0.4) is 0 Å². The van der Waals surface area contributed by atoms with Crippen molar-refractivity contribution in [1.82, 2.24) is 5.32 Å². The molecular weight excluding hydrogens is 367 g/mol. The van der Waals surface area contributed by atoms with Crippen LogP contribution in [0.5, 0.6) is 0 Å². The molecule has 0 aliphatic heterocycles. The summed E-state index contributed by atoms with van der Waals surface area (Å²) in [6.45, 7) is 7.25. The Bertz CT molecular complexity index is 944. The monoisotopic (exact) mass is 392 g/mol. The molecule has 0 spiro atoms. The van der Waals surface area contributed by atoms with Crippen molar-refractivity contribution in [2.45, 2.75) is 39.8 Å². The molecule has 27 heavy (non-hydrogen) atoms. The van der Waals surface area contributed by atoms with Crippen molar-refractivity contribution in [2.24, 2.45) is 0 Å². The summed E-state index contributed by atoms with van der Waals surface area (Å²) in [6.07, 6.45) is 0.954. The van der Waals surface area contributed by atoms with Crippen LogP contribution in [-0.2, 0) is 14.8 Å². The number of amides is 1. The topological polar surface area (TPSA) is 66.5 Å². The maximum Gasteiger partial charge on any atom is 0.244 e. The predicted octanol–water partition coefficient (Wildman–Crippen LogP) is 3.47. The van der Waals surface area contributed by atoms with Gasteiger partial charge in [0.1, 0.15) is 11.9 Å². The van der Waals surface area contributed by atoms with Crippen molar-refractivity contribution in [3.05, 3.63) is 65.0 Å². The van der Waals surface area contributed by atoms with E-state index < -0.39 is 27.8 Å². The average Bonchev–Trinajstić information content (AvgIpc) is 2.57. The summed E-state index contributed by atoms with van der Waals surface area (Å²) in [5, 5.41) is 2.82. The maximum atomic E-state index is 14.2. The molecule has 0 bridgehead atoms. The van der Waals surface area contributed by atoms with Crippen LogP contribution in [-0.4, -0.2) is 26.6 Å². The molecule has 0 fully saturated rings. The third kappa shape index (κ3) is 4.86. The van der Waals surface area contributed by atoms with E-state index in [1.54, 1.807) is 0 Å². The highest BCUT2D eigenvalue weighted by molar-refractivity contribution is 7.92. The van der Waals surface area contributed by atoms with E-state index in [0.29, 0.717) is 0 Å². The highest BCUT2D eigenvalue weighted by Crippen LogP contribution is 2.24. The first-order valence-corrected chi connectivity index (χ1v) is 10.5. The molecule has 0 heterocycles. The van der Waals surface area contributed by atoms with Gasteiger partial charge in [0.15, 0.2) is 0 Å². The molecule has 0 saturated carbocycles. The lowest BCUT2D eigenvalue weighted by Gasteiger charge is -2.29. The molecule has 1 amide bonds. The van der Waals surface area contributed by atoms with Crippen molar-refractivity contribution >= 4 is 21.6 Å². The fourth-order valence-electron chi connectivity index (χ4n) is 2.86. The van der Waals surface area contributed by atoms with Gasteiger partial charge in [0.05, 0.1) is 18.0 Å². The summed E-state index contributed by atoms with van der Waals surface area (Å²) < 4.78 is 39.5. The Kier molecular flexibility index (Phi) is 6.26. The minimum absolute atomic E-state index is 0.151. The highest BCUT2D eigenvalue weighted by atomic mass is 32.2. The lowest BCUT2D eigenvalue weighted by molar-refractivity contribution is -0.122. The van der Waals surface area contributed by atoms with Gasteiger partial charge in [-0.25, -0.2) is 12.8 Å². The Hall–Kier alpha value is -2.41. The van der Waals surface area contributed by atoms with Crippen molar-refractivity contribution in [2.75, 3.05) is 10.6 Å². The number of nitrogens with zero attached hydrogens (tertiary/aromatic N) is 1. The van der Waals surface area contributed by atoms with Crippen LogP contribution in [0.25, 0.3) is 0 Å². The molecule has 0 radical (unpaired) electrons. The van der Waals surface area contributed by atoms with E-state index in [-0.39, 0.29) is 11.7 Å². The van der Waals surface area contributed by atoms with Crippen LogP contribution in [0.2, 0.25) is 0 Å². The van der Waals surface area contributed by atoms with E-state index in [0.717, 1.165) is 33.3 Å². The van der Waals surface area contributed by atoms with E-state index in [1.807, 2.05) is 39.0 Å². The number of para-hydroxylation sites is 1. The zero-order chi connectivity index (χ0) is 20.4. The number of carbonyl (C=O) groups is 1. The van der Waals surface area contributed by atoms with Gasteiger partial charge in [-0.15, -0.1) is 0 Å². The van der Waals surface area contributed by atoms with E-state index in [1.165, 1.54) is 25.1 Å². The number of carbonyl (C=O) groups excluding carboxylic acids is 1. The molecule has 0 aliphatic carbocycles. The van der Waals surface area contributed by atoms with E-state index in [2.05, 4.69) is 5.32 Å². The molecule has 146 valence electrons. The summed E-state index contributed by atoms with van der Waals surface area (Å²) >= 11 is 0. The van der Waals surface area contributed by atoms with Crippen LogP contribution in [0.1, 0.15) is 36.6 Å². The molecule has 0 saturated heterocycles. The Morgan fingerprint density at radius 3 is 2.26 bits per heavy atom. The van der Waals surface area contributed by atoms with Gasteiger partial charge in [0.25, 0.3) is 0 Å². The zero-order valence-corrected chi connectivity index (χ0v) is 17.0. The van der Waals surface area contributed by atoms with Crippen molar-refractivity contribution in [3.63, 3.8) is 0 Å². The lowest BCUT2D eigenvalue weighted by atomic mass is 10.0. The number of hydrogen-bond donors (Lipinski definition) is 1. The minimum Gasteiger partial charge on any atom is -0.348 e. The SMILES string of the molecule is Cc1ccc([C@H](C)NC(=O)[C@H](C)N(c2ccccc2F)S(C)(=O)=O)cc1C. The summed E-state index contributed by atoms with van der Waals surface area (Å²) in [7, 11) is -3.86. The van der Waals surface area contributed by atoms with E-state index in [4.69, 9.17) is 0 Å². The zero-order valence-electron chi connectivity index (χ0n) is 16.2. The second-order valence-electron chi connectivity index (χ2n) is 6.76. The average molecular weight is 392 g/mol. The molecular formula is C20H25FN2O3S. The fourth-order valence-corrected chi connectivity index (χ4v) is 4.04. The fraction of sp³-hybridized carbons (Fsp3) is 0.350. The molecule has 0 aliphatic rings. The highest BCUT2D eigenvalue weighted by Gasteiger charge is 2.31. The Morgan fingerprint density at radius 2 is 1.70 bits per heavy atom. The first kappa shape index (κ1) is 20.9. The molecule has 2 atom stereocenters. The molecule has 2 aromatic rings. The summed E-state index contributed by atoms with van der Waals surface area (Å²) in [4.78, 5) is 12.7. The first-order valence-electron chi connectivity index (χ1n) is 8.64. The van der Waals surface area contributed by atoms with Crippen LogP contribution in [0.4, 0.5) is 10.1 Å². The molecule has 1 N–H and O–H groups in total. The molecule has 2 aromatic carbocycles. The number of sulfonamides is 1. The Balaban J connectivity index is 2.27. The number of nitrogens with one attached hydrogen (secondary N) is 1. The van der Waals surface area contributed by atoms with Crippen molar-refractivity contribution in [1.29, 1.82) is 0 Å². The maximum absolute atomic E-state index is 14.2. The lowest BCUT2D eigenvalue weighted by Crippen LogP contribution is -2.48. The van der Waals surface area contributed by atoms with Gasteiger partial charge in [0, 0.05) is 0 Å². The molecule has 0 unspecified atom stereocenters. The van der Waals surface area contributed by atoms with E-state index in [9.17, 15) is 17.6 Å². The normalized spacial score (nSPS) is 13.7. The van der Waals surface area contributed by atoms with E-state index >= 15 is 0 Å². The second kappa shape index (κ2) is 8.08. The van der Waals surface area contributed by atoms with Crippen molar-refractivity contribution in [3.8, 4) is 0 Å². The molecule has 2 rings (SSSR count). The molecule has 7 heteroatoms. The van der Waals surface area contributed by atoms with Crippen LogP contribution < -0.4 is 9.62 Å². The van der Waals surface area contributed by atoms with Gasteiger partial charge in [0.2, 0.25) is 15.9 Å². The Labute approximate surface area is 160 Å². The number of halogens is 1. The second-order valence-corrected chi connectivity index (χ2v) is 8.62. The molecule has 0 aromatic heterocycles. The van der Waals surface area contributed by atoms with Crippen LogP contribution in [0.15, 0.2) is 42.5 Å². The predicted molar refractivity (Wildman–Crippen MR) is 106 cm³/mol. The number of benzene rings is 2. The number of hydrogen-bond acceptors (Lipinski definition) is 3. The smallest absolute Gasteiger partial charge is 0.244 e. The van der Waals surface area contributed by atoms with Gasteiger partial charge in [-0.1, -0.05) is 30.3 Å². The third-order valence-corrected chi connectivity index (χ3v) is 5.80. The van der Waals surface area contributed by atoms with Crippen molar-refractivity contribution < 1.29 is 17.6 Å². The quantitative estimate of drug-likeness (QED) is 0.819. The van der Waals surface area contributed by atoms with Gasteiger partial charge >= 0.3 is 0 Å². The summed E-state index contributed by atoms with van der Waals surface area (Å²) in [5.41, 5.74) is 3.01. The number of aryl methyl sites for hydroxylation is 2. The minimum atomic E-state index is -3.86. The number of rotatable bonds is 6. The standard InChI is InChI=1S/C20H25FN2O3S/c1-13-10-11-17(12-14(13)2)15(3)22-20(24)16(4)23(27(5,25)26)19-9-7-6-8-18(19)21/h6-12,15-16H,1-5H3,(H,22,24)/t15-,16-/m0/s1. The van der Waals surface area contributed by atoms with Crippen LogP contribution in [0, 0.1) is 19.7 Å². The van der Waals surface area contributed by atoms with Gasteiger partial charge in [-0.3, -0.25) is 9.10 Å². The van der Waals surface area contributed by atoms with Gasteiger partial charge in [-0.2, -0.15) is 0 Å². The first-order chi connectivity index (χ1) is 12.5. The van der Waals surface area contributed by atoms with Gasteiger partial charge < -0.3 is 5.32 Å². The summed E-state index contributed by atoms with van der Waals surface area (Å²) in [5.74, 6) is -1.21. The van der Waals surface area contributed by atoms with Gasteiger partial charge in [-0.05, 0) is 56.5 Å². The Morgan fingerprint density at radius 1 is 1.07 bits per heavy atom. The largest absolute Gasteiger partial charge is 0.348 e. The third-order valence-electron chi connectivity index (χ3n) is 4.57.